The molecular formula is C8H11N3O2S2. The molecule has 1 N–H and O–H groups in total. The van der Waals surface area contributed by atoms with Crippen LogP contribution < -0.4 is 4.72 Å². The maximum absolute atomic E-state index is 11.1. The summed E-state index contributed by atoms with van der Waals surface area (Å²) in [5, 5.41) is 11.1. The first-order chi connectivity index (χ1) is 7.03. The minimum atomic E-state index is -3.43. The number of rotatable bonds is 5. The van der Waals surface area contributed by atoms with Crippen LogP contribution in [0.3, 0.4) is 0 Å². The number of nitriles is 1. The topological polar surface area (TPSA) is 82.9 Å². The van der Waals surface area contributed by atoms with Gasteiger partial charge in [-0.2, -0.15) is 5.26 Å². The SMILES string of the molecule is Cc1csc(CCNS(=O)(=O)CC#N)n1. The summed E-state index contributed by atoms with van der Waals surface area (Å²) < 4.78 is 24.5. The first kappa shape index (κ1) is 12.1. The number of nitrogens with one attached hydrogen (secondary N) is 1. The summed E-state index contributed by atoms with van der Waals surface area (Å²) >= 11 is 1.50. The fourth-order valence-electron chi connectivity index (χ4n) is 0.967. The van der Waals surface area contributed by atoms with Gasteiger partial charge >= 0.3 is 0 Å². The van der Waals surface area contributed by atoms with E-state index in [-0.39, 0.29) is 6.54 Å². The fraction of sp³-hybridized carbons (Fsp3) is 0.500. The predicted octanol–water partition coefficient (Wildman–Crippen LogP) is 0.437. The summed E-state index contributed by atoms with van der Waals surface area (Å²) in [6.45, 7) is 2.18. The molecule has 7 heteroatoms. The quantitative estimate of drug-likeness (QED) is 0.815. The van der Waals surface area contributed by atoms with Gasteiger partial charge in [-0.25, -0.2) is 18.1 Å². The molecule has 1 aromatic heterocycles. The van der Waals surface area contributed by atoms with Crippen molar-refractivity contribution < 1.29 is 8.42 Å². The third-order valence-electron chi connectivity index (χ3n) is 1.58. The minimum absolute atomic E-state index is 0.289. The van der Waals surface area contributed by atoms with Crippen LogP contribution in [0.15, 0.2) is 5.38 Å². The van der Waals surface area contributed by atoms with Crippen molar-refractivity contribution in [3.63, 3.8) is 0 Å². The van der Waals surface area contributed by atoms with Crippen molar-refractivity contribution in [1.82, 2.24) is 9.71 Å². The molecule has 5 nitrogen and oxygen atoms in total. The minimum Gasteiger partial charge on any atom is -0.247 e. The van der Waals surface area contributed by atoms with Gasteiger partial charge in [0.25, 0.3) is 0 Å². The van der Waals surface area contributed by atoms with Crippen LogP contribution in [0, 0.1) is 18.3 Å². The predicted molar refractivity (Wildman–Crippen MR) is 58.0 cm³/mol. The van der Waals surface area contributed by atoms with Crippen LogP contribution in [0.4, 0.5) is 0 Å². The van der Waals surface area contributed by atoms with Crippen LogP contribution in [0.25, 0.3) is 0 Å². The molecule has 15 heavy (non-hydrogen) atoms. The molecule has 0 bridgehead atoms. The highest BCUT2D eigenvalue weighted by Crippen LogP contribution is 2.08. The number of nitrogens with zero attached hydrogens (tertiary/aromatic N) is 2. The van der Waals surface area contributed by atoms with Gasteiger partial charge in [0.2, 0.25) is 10.0 Å². The molecule has 0 atom stereocenters. The summed E-state index contributed by atoms with van der Waals surface area (Å²) in [6.07, 6.45) is 0.559. The van der Waals surface area contributed by atoms with Gasteiger partial charge < -0.3 is 0 Å². The molecule has 1 aromatic rings. The molecule has 0 aliphatic heterocycles. The van der Waals surface area contributed by atoms with Gasteiger partial charge in [-0.05, 0) is 6.92 Å². The molecule has 0 saturated heterocycles. The molecule has 0 fully saturated rings. The van der Waals surface area contributed by atoms with E-state index in [2.05, 4.69) is 9.71 Å². The van der Waals surface area contributed by atoms with Gasteiger partial charge in [0, 0.05) is 24.0 Å². The van der Waals surface area contributed by atoms with Crippen molar-refractivity contribution in [2.24, 2.45) is 0 Å². The van der Waals surface area contributed by atoms with E-state index in [1.807, 2.05) is 12.3 Å². The zero-order chi connectivity index (χ0) is 11.3. The van der Waals surface area contributed by atoms with Gasteiger partial charge in [0.1, 0.15) is 0 Å². The number of sulfonamides is 1. The van der Waals surface area contributed by atoms with E-state index >= 15 is 0 Å². The van der Waals surface area contributed by atoms with E-state index < -0.39 is 15.8 Å². The lowest BCUT2D eigenvalue weighted by molar-refractivity contribution is 0.585. The van der Waals surface area contributed by atoms with Crippen molar-refractivity contribution >= 4 is 21.4 Å². The lowest BCUT2D eigenvalue weighted by atomic mass is 10.4. The first-order valence-electron chi connectivity index (χ1n) is 4.29. The van der Waals surface area contributed by atoms with Crippen LogP contribution in [0.2, 0.25) is 0 Å². The number of aryl methyl sites for hydroxylation is 1. The second kappa shape index (κ2) is 5.21. The largest absolute Gasteiger partial charge is 0.247 e. The fourth-order valence-corrected chi connectivity index (χ4v) is 2.43. The third kappa shape index (κ3) is 4.38. The Labute approximate surface area is 92.8 Å². The van der Waals surface area contributed by atoms with Crippen molar-refractivity contribution in [1.29, 1.82) is 5.26 Å². The highest BCUT2D eigenvalue weighted by Gasteiger charge is 2.08. The summed E-state index contributed by atoms with van der Waals surface area (Å²) in [7, 11) is -3.43. The Bertz CT molecular complexity index is 458. The molecular weight excluding hydrogens is 234 g/mol. The molecule has 0 amide bonds. The van der Waals surface area contributed by atoms with E-state index in [0.29, 0.717) is 6.42 Å². The standard InChI is InChI=1S/C8H11N3O2S2/c1-7-6-14-8(11-7)2-4-10-15(12,13)5-3-9/h6,10H,2,4-5H2,1H3. The summed E-state index contributed by atoms with van der Waals surface area (Å²) in [4.78, 5) is 4.19. The third-order valence-corrected chi connectivity index (χ3v) is 3.76. The van der Waals surface area contributed by atoms with Crippen LogP contribution >= 0.6 is 11.3 Å². The summed E-state index contributed by atoms with van der Waals surface area (Å²) in [5.74, 6) is -0.496. The maximum Gasteiger partial charge on any atom is 0.225 e. The highest BCUT2D eigenvalue weighted by molar-refractivity contribution is 7.89. The Morgan fingerprint density at radius 2 is 2.40 bits per heavy atom. The summed E-state index contributed by atoms with van der Waals surface area (Å²) in [5.41, 5.74) is 0.940. The zero-order valence-electron chi connectivity index (χ0n) is 8.23. The zero-order valence-corrected chi connectivity index (χ0v) is 9.86. The Kier molecular flexibility index (Phi) is 4.20. The molecule has 0 unspecified atom stereocenters. The second-order valence-electron chi connectivity index (χ2n) is 2.94. The highest BCUT2D eigenvalue weighted by atomic mass is 32.2. The Morgan fingerprint density at radius 3 is 2.93 bits per heavy atom. The van der Waals surface area contributed by atoms with Crippen molar-refractivity contribution in [3.8, 4) is 6.07 Å². The number of hydrogen-bond acceptors (Lipinski definition) is 5. The second-order valence-corrected chi connectivity index (χ2v) is 5.69. The Morgan fingerprint density at radius 1 is 1.67 bits per heavy atom. The smallest absolute Gasteiger partial charge is 0.225 e. The van der Waals surface area contributed by atoms with E-state index in [9.17, 15) is 8.42 Å². The first-order valence-corrected chi connectivity index (χ1v) is 6.82. The molecule has 82 valence electrons. The average Bonchev–Trinajstić information content (AvgIpc) is 2.51. The lowest BCUT2D eigenvalue weighted by Crippen LogP contribution is -2.27. The van der Waals surface area contributed by atoms with Crippen LogP contribution in [0.1, 0.15) is 10.7 Å². The van der Waals surface area contributed by atoms with Gasteiger partial charge in [-0.15, -0.1) is 11.3 Å². The van der Waals surface area contributed by atoms with Crippen molar-refractivity contribution in [2.75, 3.05) is 12.3 Å². The van der Waals surface area contributed by atoms with E-state index in [1.165, 1.54) is 11.3 Å². The number of hydrogen-bond donors (Lipinski definition) is 1. The molecule has 0 radical (unpaired) electrons. The molecule has 0 aliphatic carbocycles. The number of thiazole rings is 1. The molecule has 0 spiro atoms. The average molecular weight is 245 g/mol. The van der Waals surface area contributed by atoms with Gasteiger partial charge in [0.15, 0.2) is 5.75 Å². The lowest BCUT2D eigenvalue weighted by Gasteiger charge is -2.00. The van der Waals surface area contributed by atoms with Crippen LogP contribution in [-0.4, -0.2) is 25.7 Å². The molecule has 1 rings (SSSR count). The normalized spacial score (nSPS) is 11.2. The Balaban J connectivity index is 2.37. The monoisotopic (exact) mass is 245 g/mol. The van der Waals surface area contributed by atoms with Crippen molar-refractivity contribution in [2.45, 2.75) is 13.3 Å². The van der Waals surface area contributed by atoms with E-state index in [0.717, 1.165) is 10.7 Å². The maximum atomic E-state index is 11.1. The van der Waals surface area contributed by atoms with Gasteiger partial charge in [-0.1, -0.05) is 0 Å². The van der Waals surface area contributed by atoms with Crippen molar-refractivity contribution in [3.05, 3.63) is 16.1 Å². The van der Waals surface area contributed by atoms with Crippen LogP contribution in [0.5, 0.6) is 0 Å². The number of aromatic nitrogens is 1. The van der Waals surface area contributed by atoms with E-state index in [1.54, 1.807) is 6.07 Å². The Hall–Kier alpha value is -0.970. The molecule has 0 saturated carbocycles. The molecule has 0 aliphatic rings. The van der Waals surface area contributed by atoms with Crippen LogP contribution in [-0.2, 0) is 16.4 Å². The van der Waals surface area contributed by atoms with Gasteiger partial charge in [0.05, 0.1) is 11.1 Å². The van der Waals surface area contributed by atoms with Gasteiger partial charge in [-0.3, -0.25) is 0 Å². The van der Waals surface area contributed by atoms with E-state index in [4.69, 9.17) is 5.26 Å². The molecule has 1 heterocycles. The summed E-state index contributed by atoms with van der Waals surface area (Å²) in [6, 6.07) is 1.60. The molecule has 0 aromatic carbocycles.